The number of ether oxygens (including phenoxy) is 2. The van der Waals surface area contributed by atoms with Crippen molar-refractivity contribution in [3.8, 4) is 34.4 Å². The molecule has 4 N–H and O–H groups in total. The van der Waals surface area contributed by atoms with Crippen LogP contribution in [0.25, 0.3) is 11.4 Å². The van der Waals surface area contributed by atoms with E-state index in [0.717, 1.165) is 28.2 Å². The highest BCUT2D eigenvalue weighted by Gasteiger charge is 2.18. The maximum atomic E-state index is 12.5. The molecule has 1 heterocycles. The van der Waals surface area contributed by atoms with Gasteiger partial charge in [0.25, 0.3) is 0 Å². The number of methoxy groups -OCH3 is 2. The lowest BCUT2D eigenvalue weighted by Crippen LogP contribution is -2.18. The zero-order chi connectivity index (χ0) is 26.5. The molecule has 37 heavy (non-hydrogen) atoms. The van der Waals surface area contributed by atoms with Crippen LogP contribution in [-0.4, -0.2) is 39.2 Å². The van der Waals surface area contributed by atoms with Crippen LogP contribution in [0, 0.1) is 0 Å². The Kier molecular flexibility index (Phi) is 7.83. The predicted molar refractivity (Wildman–Crippen MR) is 141 cm³/mol. The average Bonchev–Trinajstić information content (AvgIpc) is 3.24. The second-order valence-corrected chi connectivity index (χ2v) is 9.16. The van der Waals surface area contributed by atoms with Gasteiger partial charge in [-0.3, -0.25) is 4.57 Å². The molecule has 194 valence electrons. The molecule has 9 nitrogen and oxygen atoms in total. The summed E-state index contributed by atoms with van der Waals surface area (Å²) >= 11 is 0. The van der Waals surface area contributed by atoms with E-state index in [1.165, 1.54) is 10.6 Å². The molecule has 0 unspecified atom stereocenters. The van der Waals surface area contributed by atoms with Crippen LogP contribution in [0.2, 0.25) is 0 Å². The minimum Gasteiger partial charge on any atom is -0.508 e. The summed E-state index contributed by atoms with van der Waals surface area (Å²) in [5, 5.41) is 30.7. The summed E-state index contributed by atoms with van der Waals surface area (Å²) in [6.45, 7) is 5.47. The third-order valence-corrected chi connectivity index (χ3v) is 6.20. The minimum absolute atomic E-state index is 0.00965. The summed E-state index contributed by atoms with van der Waals surface area (Å²) < 4.78 is 12.1. The second-order valence-electron chi connectivity index (χ2n) is 9.16. The van der Waals surface area contributed by atoms with E-state index in [2.05, 4.69) is 15.5 Å². The number of nitrogens with zero attached hydrogens (tertiary/aromatic N) is 2. The Balaban J connectivity index is 1.46. The van der Waals surface area contributed by atoms with Crippen molar-refractivity contribution in [2.24, 2.45) is 0 Å². The molecule has 0 spiro atoms. The van der Waals surface area contributed by atoms with Gasteiger partial charge in [-0.05, 0) is 46.4 Å². The maximum Gasteiger partial charge on any atom is 0.343 e. The van der Waals surface area contributed by atoms with E-state index < -0.39 is 0 Å². The van der Waals surface area contributed by atoms with Crippen molar-refractivity contribution in [1.29, 1.82) is 0 Å². The first-order valence-electron chi connectivity index (χ1n) is 12.0. The molecule has 0 amide bonds. The molecule has 0 aliphatic heterocycles. The lowest BCUT2D eigenvalue weighted by atomic mass is 9.98. The van der Waals surface area contributed by atoms with Gasteiger partial charge in [-0.2, -0.15) is 5.10 Å². The Bertz CT molecular complexity index is 1400. The first-order valence-corrected chi connectivity index (χ1v) is 12.0. The summed E-state index contributed by atoms with van der Waals surface area (Å²) in [7, 11) is 3.26. The number of aromatic hydroxyl groups is 2. The monoisotopic (exact) mass is 504 g/mol. The molecular weight excluding hydrogens is 472 g/mol. The standard InChI is InChI=1S/C28H32N4O5/c1-17(2)23-12-24(26(34)13-25(23)33)27-30-31-28(35)32(27)16-19-7-5-18(6-8-19)14-29-15-20-9-21(36-3)11-22(10-20)37-4/h5-13,17,29,33-34H,14-16H2,1-4H3,(H,31,35). The highest BCUT2D eigenvalue weighted by molar-refractivity contribution is 5.67. The van der Waals surface area contributed by atoms with Crippen molar-refractivity contribution in [2.45, 2.75) is 39.4 Å². The van der Waals surface area contributed by atoms with Crippen LogP contribution >= 0.6 is 0 Å². The van der Waals surface area contributed by atoms with Crippen LogP contribution in [0.5, 0.6) is 23.0 Å². The van der Waals surface area contributed by atoms with Crippen molar-refractivity contribution in [3.63, 3.8) is 0 Å². The summed E-state index contributed by atoms with van der Waals surface area (Å²) in [6.07, 6.45) is 0. The number of hydrogen-bond acceptors (Lipinski definition) is 7. The highest BCUT2D eigenvalue weighted by Crippen LogP contribution is 2.36. The first-order chi connectivity index (χ1) is 17.8. The fraction of sp³-hybridized carbons (Fsp3) is 0.286. The lowest BCUT2D eigenvalue weighted by molar-refractivity contribution is 0.393. The average molecular weight is 505 g/mol. The van der Waals surface area contributed by atoms with Crippen LogP contribution in [-0.2, 0) is 19.6 Å². The summed E-state index contributed by atoms with van der Waals surface area (Å²) in [4.78, 5) is 12.5. The lowest BCUT2D eigenvalue weighted by Gasteiger charge is -2.13. The van der Waals surface area contributed by atoms with E-state index in [-0.39, 0.29) is 29.7 Å². The van der Waals surface area contributed by atoms with Crippen LogP contribution in [0.1, 0.15) is 42.0 Å². The fourth-order valence-corrected chi connectivity index (χ4v) is 4.17. The smallest absolute Gasteiger partial charge is 0.343 e. The molecule has 0 aliphatic rings. The third kappa shape index (κ3) is 5.95. The van der Waals surface area contributed by atoms with Crippen LogP contribution in [0.3, 0.4) is 0 Å². The molecule has 0 radical (unpaired) electrons. The minimum atomic E-state index is -0.381. The van der Waals surface area contributed by atoms with Gasteiger partial charge in [0.1, 0.15) is 23.0 Å². The Morgan fingerprint density at radius 1 is 0.892 bits per heavy atom. The Morgan fingerprint density at radius 2 is 1.51 bits per heavy atom. The van der Waals surface area contributed by atoms with Gasteiger partial charge in [0.05, 0.1) is 26.3 Å². The summed E-state index contributed by atoms with van der Waals surface area (Å²) in [6, 6.07) is 16.7. The van der Waals surface area contributed by atoms with Crippen molar-refractivity contribution in [1.82, 2.24) is 20.1 Å². The molecule has 4 rings (SSSR count). The molecule has 9 heteroatoms. The predicted octanol–water partition coefficient (Wildman–Crippen LogP) is 4.13. The van der Waals surface area contributed by atoms with Gasteiger partial charge in [0.2, 0.25) is 0 Å². The SMILES string of the molecule is COc1cc(CNCc2ccc(Cn3c(-c4cc(C(C)C)c(O)cc4O)n[nH]c3=O)cc2)cc(OC)c1. The number of aromatic amines is 1. The van der Waals surface area contributed by atoms with Crippen LogP contribution < -0.4 is 20.5 Å². The molecule has 0 bridgehead atoms. The number of benzene rings is 3. The summed E-state index contributed by atoms with van der Waals surface area (Å²) in [5.74, 6) is 1.70. The van der Waals surface area contributed by atoms with Crippen molar-refractivity contribution >= 4 is 0 Å². The number of rotatable bonds is 10. The Labute approximate surface area is 215 Å². The zero-order valence-corrected chi connectivity index (χ0v) is 21.4. The fourth-order valence-electron chi connectivity index (χ4n) is 4.17. The number of nitrogens with one attached hydrogen (secondary N) is 2. The molecule has 3 aromatic carbocycles. The Morgan fingerprint density at radius 3 is 2.14 bits per heavy atom. The maximum absolute atomic E-state index is 12.5. The van der Waals surface area contributed by atoms with Crippen molar-refractivity contribution in [3.05, 3.63) is 87.3 Å². The first kappa shape index (κ1) is 25.8. The molecule has 0 saturated carbocycles. The van der Waals surface area contributed by atoms with E-state index in [0.29, 0.717) is 30.0 Å². The number of H-pyrrole nitrogens is 1. The quantitative estimate of drug-likeness (QED) is 0.256. The van der Waals surface area contributed by atoms with Gasteiger partial charge in [-0.25, -0.2) is 9.89 Å². The normalized spacial score (nSPS) is 11.2. The number of phenolic OH excluding ortho intramolecular Hbond substituents is 2. The Hall–Kier alpha value is -4.24. The zero-order valence-electron chi connectivity index (χ0n) is 21.4. The number of hydrogen-bond donors (Lipinski definition) is 4. The van der Waals surface area contributed by atoms with Gasteiger partial charge in [0.15, 0.2) is 5.82 Å². The van der Waals surface area contributed by atoms with Gasteiger partial charge in [-0.15, -0.1) is 0 Å². The van der Waals surface area contributed by atoms with Gasteiger partial charge < -0.3 is 25.0 Å². The highest BCUT2D eigenvalue weighted by atomic mass is 16.5. The van der Waals surface area contributed by atoms with E-state index in [4.69, 9.17) is 9.47 Å². The largest absolute Gasteiger partial charge is 0.508 e. The van der Waals surface area contributed by atoms with Crippen molar-refractivity contribution in [2.75, 3.05) is 14.2 Å². The van der Waals surface area contributed by atoms with E-state index in [1.807, 2.05) is 56.3 Å². The van der Waals surface area contributed by atoms with Crippen LogP contribution in [0.15, 0.2) is 59.4 Å². The molecular formula is C28H32N4O5. The number of aromatic nitrogens is 3. The topological polar surface area (TPSA) is 122 Å². The van der Waals surface area contributed by atoms with E-state index in [1.54, 1.807) is 20.3 Å². The summed E-state index contributed by atoms with van der Waals surface area (Å²) in [5.41, 5.74) is 3.73. The molecule has 4 aromatic rings. The van der Waals surface area contributed by atoms with E-state index >= 15 is 0 Å². The van der Waals surface area contributed by atoms with Gasteiger partial charge >= 0.3 is 5.69 Å². The third-order valence-electron chi connectivity index (χ3n) is 6.20. The van der Waals surface area contributed by atoms with Gasteiger partial charge in [0, 0.05) is 25.2 Å². The van der Waals surface area contributed by atoms with Gasteiger partial charge in [-0.1, -0.05) is 38.1 Å². The molecule has 0 fully saturated rings. The molecule has 1 aromatic heterocycles. The molecule has 0 saturated heterocycles. The van der Waals surface area contributed by atoms with E-state index in [9.17, 15) is 15.0 Å². The number of phenols is 2. The molecule has 0 atom stereocenters. The van der Waals surface area contributed by atoms with Crippen molar-refractivity contribution < 1.29 is 19.7 Å². The second kappa shape index (κ2) is 11.2. The van der Waals surface area contributed by atoms with Crippen LogP contribution in [0.4, 0.5) is 0 Å². The molecule has 0 aliphatic carbocycles.